The Bertz CT molecular complexity index is 481. The van der Waals surface area contributed by atoms with Gasteiger partial charge in [-0.1, -0.05) is 6.92 Å². The van der Waals surface area contributed by atoms with Gasteiger partial charge in [-0.25, -0.2) is 0 Å². The third-order valence-corrected chi connectivity index (χ3v) is 4.36. The highest BCUT2D eigenvalue weighted by Gasteiger charge is 2.21. The standard InChI is InChI=1S/C14H18Br2N2O2/c1-2-12(14(17)19)20-13-10(15)5-8(6-11(13)16)7-18-9-3-4-9/h5-6,9,12,18H,2-4,7H2,1H3,(H2,17,19). The third kappa shape index (κ3) is 4.20. The van der Waals surface area contributed by atoms with Gasteiger partial charge in [0.05, 0.1) is 8.95 Å². The molecule has 1 amide bonds. The first-order valence-electron chi connectivity index (χ1n) is 6.68. The van der Waals surface area contributed by atoms with Gasteiger partial charge in [-0.05, 0) is 68.8 Å². The van der Waals surface area contributed by atoms with Crippen molar-refractivity contribution in [2.75, 3.05) is 0 Å². The number of carbonyl (C=O) groups excluding carboxylic acids is 1. The van der Waals surface area contributed by atoms with E-state index in [0.717, 1.165) is 21.1 Å². The molecule has 20 heavy (non-hydrogen) atoms. The van der Waals surface area contributed by atoms with E-state index >= 15 is 0 Å². The summed E-state index contributed by atoms with van der Waals surface area (Å²) in [6, 6.07) is 4.68. The second-order valence-electron chi connectivity index (χ2n) is 4.96. The minimum absolute atomic E-state index is 0.453. The second kappa shape index (κ2) is 6.91. The molecule has 4 nitrogen and oxygen atoms in total. The van der Waals surface area contributed by atoms with Gasteiger partial charge in [-0.15, -0.1) is 0 Å². The van der Waals surface area contributed by atoms with Crippen LogP contribution < -0.4 is 15.8 Å². The summed E-state index contributed by atoms with van der Waals surface area (Å²) >= 11 is 6.99. The zero-order chi connectivity index (χ0) is 14.7. The van der Waals surface area contributed by atoms with E-state index in [1.807, 2.05) is 19.1 Å². The Labute approximate surface area is 135 Å². The minimum Gasteiger partial charge on any atom is -0.478 e. The molecule has 0 radical (unpaired) electrons. The van der Waals surface area contributed by atoms with E-state index in [0.29, 0.717) is 18.2 Å². The molecule has 0 heterocycles. The van der Waals surface area contributed by atoms with Crippen molar-refractivity contribution in [1.82, 2.24) is 5.32 Å². The van der Waals surface area contributed by atoms with Crippen LogP contribution in [0.4, 0.5) is 0 Å². The first-order chi connectivity index (χ1) is 9.51. The Balaban J connectivity index is 2.10. The number of halogens is 2. The summed E-state index contributed by atoms with van der Waals surface area (Å²) < 4.78 is 7.33. The van der Waals surface area contributed by atoms with Crippen molar-refractivity contribution in [2.24, 2.45) is 5.73 Å². The van der Waals surface area contributed by atoms with Gasteiger partial charge in [0.25, 0.3) is 5.91 Å². The Kier molecular flexibility index (Phi) is 5.46. The maximum absolute atomic E-state index is 11.3. The number of primary amides is 1. The highest BCUT2D eigenvalue weighted by Crippen LogP contribution is 2.36. The average molecular weight is 406 g/mol. The molecule has 0 saturated heterocycles. The quantitative estimate of drug-likeness (QED) is 0.732. The summed E-state index contributed by atoms with van der Waals surface area (Å²) in [6.45, 7) is 2.69. The number of hydrogen-bond donors (Lipinski definition) is 2. The molecule has 1 fully saturated rings. The van der Waals surface area contributed by atoms with E-state index < -0.39 is 12.0 Å². The van der Waals surface area contributed by atoms with Crippen LogP contribution in [0.3, 0.4) is 0 Å². The molecule has 0 aromatic heterocycles. The van der Waals surface area contributed by atoms with Crippen LogP contribution in [0.2, 0.25) is 0 Å². The molecular weight excluding hydrogens is 388 g/mol. The summed E-state index contributed by atoms with van der Waals surface area (Å²) in [4.78, 5) is 11.3. The van der Waals surface area contributed by atoms with Gasteiger partial charge in [0.2, 0.25) is 0 Å². The number of hydrogen-bond acceptors (Lipinski definition) is 3. The zero-order valence-electron chi connectivity index (χ0n) is 11.3. The van der Waals surface area contributed by atoms with Crippen molar-refractivity contribution in [3.8, 4) is 5.75 Å². The van der Waals surface area contributed by atoms with Gasteiger partial charge in [0.1, 0.15) is 5.75 Å². The van der Waals surface area contributed by atoms with E-state index in [1.165, 1.54) is 12.8 Å². The van der Waals surface area contributed by atoms with Gasteiger partial charge in [-0.2, -0.15) is 0 Å². The Morgan fingerprint density at radius 3 is 2.50 bits per heavy atom. The zero-order valence-corrected chi connectivity index (χ0v) is 14.5. The van der Waals surface area contributed by atoms with E-state index in [9.17, 15) is 4.79 Å². The lowest BCUT2D eigenvalue weighted by Gasteiger charge is -2.17. The molecule has 1 aromatic rings. The van der Waals surface area contributed by atoms with Crippen LogP contribution in [0.25, 0.3) is 0 Å². The molecule has 1 atom stereocenters. The minimum atomic E-state index is -0.613. The summed E-state index contributed by atoms with van der Waals surface area (Å²) in [5.74, 6) is 0.164. The maximum Gasteiger partial charge on any atom is 0.258 e. The highest BCUT2D eigenvalue weighted by atomic mass is 79.9. The fourth-order valence-electron chi connectivity index (χ4n) is 1.86. The molecule has 0 aliphatic heterocycles. The van der Waals surface area contributed by atoms with Gasteiger partial charge in [0, 0.05) is 12.6 Å². The molecule has 1 aliphatic carbocycles. The summed E-state index contributed by atoms with van der Waals surface area (Å²) in [5.41, 5.74) is 6.47. The van der Waals surface area contributed by atoms with Crippen LogP contribution >= 0.6 is 31.9 Å². The molecule has 6 heteroatoms. The molecule has 0 bridgehead atoms. The number of carbonyl (C=O) groups is 1. The highest BCUT2D eigenvalue weighted by molar-refractivity contribution is 9.11. The Morgan fingerprint density at radius 1 is 1.45 bits per heavy atom. The Morgan fingerprint density at radius 2 is 2.05 bits per heavy atom. The molecule has 1 aliphatic rings. The van der Waals surface area contributed by atoms with E-state index in [-0.39, 0.29) is 0 Å². The van der Waals surface area contributed by atoms with Crippen molar-refractivity contribution in [1.29, 1.82) is 0 Å². The Hall–Kier alpha value is -0.590. The largest absolute Gasteiger partial charge is 0.478 e. The number of nitrogens with one attached hydrogen (secondary N) is 1. The fraction of sp³-hybridized carbons (Fsp3) is 0.500. The number of benzene rings is 1. The first kappa shape index (κ1) is 15.8. The van der Waals surface area contributed by atoms with Gasteiger partial charge in [-0.3, -0.25) is 4.79 Å². The summed E-state index contributed by atoms with van der Waals surface area (Å²) in [6.07, 6.45) is 2.46. The maximum atomic E-state index is 11.3. The van der Waals surface area contributed by atoms with Crippen LogP contribution in [0, 0.1) is 0 Å². The lowest BCUT2D eigenvalue weighted by atomic mass is 10.2. The number of ether oxygens (including phenoxy) is 1. The van der Waals surface area contributed by atoms with Crippen LogP contribution in [-0.2, 0) is 11.3 Å². The van der Waals surface area contributed by atoms with Crippen LogP contribution in [0.15, 0.2) is 21.1 Å². The lowest BCUT2D eigenvalue weighted by molar-refractivity contribution is -0.124. The normalized spacial score (nSPS) is 15.9. The molecule has 2 rings (SSSR count). The molecule has 0 spiro atoms. The third-order valence-electron chi connectivity index (χ3n) is 3.18. The first-order valence-corrected chi connectivity index (χ1v) is 8.27. The summed E-state index contributed by atoms with van der Waals surface area (Å²) in [7, 11) is 0. The second-order valence-corrected chi connectivity index (χ2v) is 6.67. The topological polar surface area (TPSA) is 64.3 Å². The number of rotatable bonds is 7. The predicted octanol–water partition coefficient (Wildman–Crippen LogP) is 3.11. The summed E-state index contributed by atoms with van der Waals surface area (Å²) in [5, 5.41) is 3.46. The molecule has 3 N–H and O–H groups in total. The van der Waals surface area contributed by atoms with Crippen molar-refractivity contribution in [2.45, 2.75) is 44.9 Å². The average Bonchev–Trinajstić information content (AvgIpc) is 3.19. The molecule has 1 unspecified atom stereocenters. The van der Waals surface area contributed by atoms with Crippen molar-refractivity contribution >= 4 is 37.8 Å². The van der Waals surface area contributed by atoms with Crippen molar-refractivity contribution < 1.29 is 9.53 Å². The van der Waals surface area contributed by atoms with Crippen molar-refractivity contribution in [3.05, 3.63) is 26.6 Å². The van der Waals surface area contributed by atoms with E-state index in [1.54, 1.807) is 0 Å². The van der Waals surface area contributed by atoms with E-state index in [2.05, 4.69) is 37.2 Å². The van der Waals surface area contributed by atoms with Crippen LogP contribution in [0.1, 0.15) is 31.7 Å². The number of amides is 1. The molecule has 1 saturated carbocycles. The monoisotopic (exact) mass is 404 g/mol. The van der Waals surface area contributed by atoms with Crippen LogP contribution in [0.5, 0.6) is 5.75 Å². The number of nitrogens with two attached hydrogens (primary N) is 1. The van der Waals surface area contributed by atoms with Crippen LogP contribution in [-0.4, -0.2) is 18.1 Å². The SMILES string of the molecule is CCC(Oc1c(Br)cc(CNC2CC2)cc1Br)C(N)=O. The van der Waals surface area contributed by atoms with Crippen molar-refractivity contribution in [3.63, 3.8) is 0 Å². The lowest BCUT2D eigenvalue weighted by Crippen LogP contribution is -2.33. The predicted molar refractivity (Wildman–Crippen MR) is 85.6 cm³/mol. The molecule has 110 valence electrons. The van der Waals surface area contributed by atoms with Gasteiger partial charge >= 0.3 is 0 Å². The molecular formula is C14H18Br2N2O2. The molecule has 1 aromatic carbocycles. The van der Waals surface area contributed by atoms with Gasteiger partial charge in [0.15, 0.2) is 6.10 Å². The fourth-order valence-corrected chi connectivity index (χ4v) is 3.33. The smallest absolute Gasteiger partial charge is 0.258 e. The van der Waals surface area contributed by atoms with Gasteiger partial charge < -0.3 is 15.8 Å². The van der Waals surface area contributed by atoms with E-state index in [4.69, 9.17) is 10.5 Å².